The highest BCUT2D eigenvalue weighted by Gasteiger charge is 2.24. The average Bonchev–Trinajstić information content (AvgIpc) is 2.35. The van der Waals surface area contributed by atoms with Gasteiger partial charge in [-0.3, -0.25) is 0 Å². The standard InChI is InChI=1S/C17H21NO4/c1-10-14(16(20)22-17(2,3)4)13-9-11(18(5)6)7-8-12(13)15(19)21-10/h7-9H,1-6H3. The van der Waals surface area contributed by atoms with E-state index in [1.54, 1.807) is 39.8 Å². The molecule has 0 fully saturated rings. The Morgan fingerprint density at radius 2 is 1.82 bits per heavy atom. The molecule has 5 nitrogen and oxygen atoms in total. The zero-order chi connectivity index (χ0) is 16.7. The third kappa shape index (κ3) is 3.13. The maximum absolute atomic E-state index is 12.5. The van der Waals surface area contributed by atoms with Crippen molar-refractivity contribution in [2.45, 2.75) is 33.3 Å². The van der Waals surface area contributed by atoms with E-state index >= 15 is 0 Å². The Balaban J connectivity index is 2.73. The van der Waals surface area contributed by atoms with Gasteiger partial charge in [-0.05, 0) is 45.9 Å². The van der Waals surface area contributed by atoms with Crippen LogP contribution < -0.4 is 10.5 Å². The first-order valence-electron chi connectivity index (χ1n) is 7.08. The number of nitrogens with zero attached hydrogens (tertiary/aromatic N) is 1. The van der Waals surface area contributed by atoms with Crippen LogP contribution in [-0.2, 0) is 4.74 Å². The molecule has 5 heteroatoms. The minimum absolute atomic E-state index is 0.266. The summed E-state index contributed by atoms with van der Waals surface area (Å²) in [6.07, 6.45) is 0. The fraction of sp³-hybridized carbons (Fsp3) is 0.412. The van der Waals surface area contributed by atoms with E-state index in [1.165, 1.54) is 0 Å². The maximum Gasteiger partial charge on any atom is 0.343 e. The zero-order valence-corrected chi connectivity index (χ0v) is 13.8. The predicted octanol–water partition coefficient (Wildman–Crippen LogP) is 3.12. The fourth-order valence-corrected chi connectivity index (χ4v) is 2.21. The SMILES string of the molecule is Cc1oc(=O)c2ccc(N(C)C)cc2c1C(=O)OC(C)(C)C. The Kier molecular flexibility index (Phi) is 4.00. The third-order valence-corrected chi connectivity index (χ3v) is 3.21. The normalized spacial score (nSPS) is 11.5. The van der Waals surface area contributed by atoms with E-state index in [-0.39, 0.29) is 5.76 Å². The molecule has 2 aromatic rings. The third-order valence-electron chi connectivity index (χ3n) is 3.21. The van der Waals surface area contributed by atoms with Crippen LogP contribution in [0.4, 0.5) is 5.69 Å². The minimum Gasteiger partial charge on any atom is -0.456 e. The molecule has 1 heterocycles. The van der Waals surface area contributed by atoms with Gasteiger partial charge in [0.25, 0.3) is 0 Å². The number of aryl methyl sites for hydroxylation is 1. The summed E-state index contributed by atoms with van der Waals surface area (Å²) in [6.45, 7) is 6.99. The molecule has 0 aliphatic carbocycles. The maximum atomic E-state index is 12.5. The van der Waals surface area contributed by atoms with Gasteiger partial charge in [0.1, 0.15) is 16.9 Å². The van der Waals surface area contributed by atoms with E-state index in [0.717, 1.165) is 5.69 Å². The molecular formula is C17H21NO4. The van der Waals surface area contributed by atoms with Crippen LogP contribution in [0.3, 0.4) is 0 Å². The number of rotatable bonds is 2. The van der Waals surface area contributed by atoms with Crippen molar-refractivity contribution in [1.29, 1.82) is 0 Å². The van der Waals surface area contributed by atoms with E-state index in [4.69, 9.17) is 9.15 Å². The monoisotopic (exact) mass is 303 g/mol. The second-order valence-corrected chi connectivity index (χ2v) is 6.45. The Hall–Kier alpha value is -2.30. The summed E-state index contributed by atoms with van der Waals surface area (Å²) in [4.78, 5) is 26.4. The second kappa shape index (κ2) is 5.48. The van der Waals surface area contributed by atoms with Crippen molar-refractivity contribution in [3.05, 3.63) is 39.9 Å². The van der Waals surface area contributed by atoms with Gasteiger partial charge in [-0.15, -0.1) is 0 Å². The van der Waals surface area contributed by atoms with Crippen LogP contribution in [0.25, 0.3) is 10.8 Å². The summed E-state index contributed by atoms with van der Waals surface area (Å²) < 4.78 is 10.6. The average molecular weight is 303 g/mol. The molecule has 0 saturated heterocycles. The summed E-state index contributed by atoms with van der Waals surface area (Å²) in [5.74, 6) is -0.225. The van der Waals surface area contributed by atoms with E-state index in [9.17, 15) is 9.59 Å². The lowest BCUT2D eigenvalue weighted by molar-refractivity contribution is 0.00682. The fourth-order valence-electron chi connectivity index (χ4n) is 2.21. The molecule has 1 aromatic carbocycles. The Morgan fingerprint density at radius 3 is 2.36 bits per heavy atom. The number of hydrogen-bond acceptors (Lipinski definition) is 5. The molecule has 0 atom stereocenters. The molecule has 0 radical (unpaired) electrons. The van der Waals surface area contributed by atoms with Gasteiger partial charge in [0, 0.05) is 25.2 Å². The first-order chi connectivity index (χ1) is 10.1. The first kappa shape index (κ1) is 16.1. The molecule has 0 N–H and O–H groups in total. The van der Waals surface area contributed by atoms with Crippen LogP contribution in [-0.4, -0.2) is 25.7 Å². The first-order valence-corrected chi connectivity index (χ1v) is 7.08. The Bertz CT molecular complexity index is 782. The summed E-state index contributed by atoms with van der Waals surface area (Å²) in [7, 11) is 3.79. The van der Waals surface area contributed by atoms with E-state index in [2.05, 4.69) is 0 Å². The summed E-state index contributed by atoms with van der Waals surface area (Å²) >= 11 is 0. The molecular weight excluding hydrogens is 282 g/mol. The second-order valence-electron chi connectivity index (χ2n) is 6.45. The highest BCUT2D eigenvalue weighted by atomic mass is 16.6. The predicted molar refractivity (Wildman–Crippen MR) is 86.7 cm³/mol. The lowest BCUT2D eigenvalue weighted by atomic mass is 10.0. The van der Waals surface area contributed by atoms with Crippen LogP contribution >= 0.6 is 0 Å². The number of anilines is 1. The Labute approximate surface area is 129 Å². The minimum atomic E-state index is -0.620. The molecule has 1 aromatic heterocycles. The summed E-state index contributed by atoms with van der Waals surface area (Å²) in [5.41, 5.74) is 0.117. The van der Waals surface area contributed by atoms with Gasteiger partial charge >= 0.3 is 11.6 Å². The van der Waals surface area contributed by atoms with Crippen LogP contribution in [0.1, 0.15) is 36.9 Å². The van der Waals surface area contributed by atoms with Gasteiger partial charge in [0.15, 0.2) is 0 Å². The molecule has 0 aliphatic rings. The van der Waals surface area contributed by atoms with Crippen molar-refractivity contribution < 1.29 is 13.9 Å². The number of carbonyl (C=O) groups excluding carboxylic acids is 1. The molecule has 0 amide bonds. The smallest absolute Gasteiger partial charge is 0.343 e. The van der Waals surface area contributed by atoms with Crippen molar-refractivity contribution in [3.8, 4) is 0 Å². The van der Waals surface area contributed by atoms with Crippen molar-refractivity contribution in [2.24, 2.45) is 0 Å². The molecule has 22 heavy (non-hydrogen) atoms. The Morgan fingerprint density at radius 1 is 1.18 bits per heavy atom. The lowest BCUT2D eigenvalue weighted by Crippen LogP contribution is -2.25. The molecule has 0 unspecified atom stereocenters. The largest absolute Gasteiger partial charge is 0.456 e. The highest BCUT2D eigenvalue weighted by molar-refractivity contribution is 6.05. The summed E-state index contributed by atoms with van der Waals surface area (Å²) in [5, 5.41) is 0.922. The highest BCUT2D eigenvalue weighted by Crippen LogP contribution is 2.26. The van der Waals surface area contributed by atoms with Crippen LogP contribution in [0.5, 0.6) is 0 Å². The van der Waals surface area contributed by atoms with E-state index in [0.29, 0.717) is 16.3 Å². The van der Waals surface area contributed by atoms with Gasteiger partial charge in [-0.25, -0.2) is 9.59 Å². The van der Waals surface area contributed by atoms with Crippen LogP contribution in [0.2, 0.25) is 0 Å². The number of esters is 1. The van der Waals surface area contributed by atoms with E-state index in [1.807, 2.05) is 25.1 Å². The van der Waals surface area contributed by atoms with Crippen molar-refractivity contribution in [1.82, 2.24) is 0 Å². The number of fused-ring (bicyclic) bond motifs is 1. The van der Waals surface area contributed by atoms with Gasteiger partial charge in [0.2, 0.25) is 0 Å². The van der Waals surface area contributed by atoms with Gasteiger partial charge < -0.3 is 14.1 Å². The molecule has 2 rings (SSSR count). The summed E-state index contributed by atoms with van der Waals surface area (Å²) in [6, 6.07) is 5.29. The molecule has 0 bridgehead atoms. The number of carbonyl (C=O) groups is 1. The molecule has 0 spiro atoms. The van der Waals surface area contributed by atoms with Crippen LogP contribution in [0.15, 0.2) is 27.4 Å². The van der Waals surface area contributed by atoms with E-state index < -0.39 is 17.2 Å². The van der Waals surface area contributed by atoms with Gasteiger partial charge in [-0.2, -0.15) is 0 Å². The van der Waals surface area contributed by atoms with Gasteiger partial charge in [0.05, 0.1) is 5.39 Å². The van der Waals surface area contributed by atoms with Crippen molar-refractivity contribution in [2.75, 3.05) is 19.0 Å². The molecule has 118 valence electrons. The molecule has 0 saturated carbocycles. The number of hydrogen-bond donors (Lipinski definition) is 0. The number of ether oxygens (including phenoxy) is 1. The lowest BCUT2D eigenvalue weighted by Gasteiger charge is -2.21. The van der Waals surface area contributed by atoms with Gasteiger partial charge in [-0.1, -0.05) is 0 Å². The molecule has 0 aliphatic heterocycles. The number of benzene rings is 1. The van der Waals surface area contributed by atoms with Crippen molar-refractivity contribution >= 4 is 22.4 Å². The quantitative estimate of drug-likeness (QED) is 0.798. The van der Waals surface area contributed by atoms with Crippen molar-refractivity contribution in [3.63, 3.8) is 0 Å². The van der Waals surface area contributed by atoms with Crippen LogP contribution in [0, 0.1) is 6.92 Å². The zero-order valence-electron chi connectivity index (χ0n) is 13.8. The topological polar surface area (TPSA) is 59.8 Å².